The Morgan fingerprint density at radius 2 is 1.62 bits per heavy atom. The van der Waals surface area contributed by atoms with E-state index in [1.165, 1.54) is 6.92 Å². The molecule has 0 unspecified atom stereocenters. The second-order valence-electron chi connectivity index (χ2n) is 6.19. The number of amides is 2. The molecule has 2 rings (SSSR count). The van der Waals surface area contributed by atoms with Gasteiger partial charge in [0.05, 0.1) is 0 Å². The zero-order valence-electron chi connectivity index (χ0n) is 15.9. The van der Waals surface area contributed by atoms with Gasteiger partial charge in [-0.1, -0.05) is 0 Å². The first-order valence-corrected chi connectivity index (χ1v) is 8.70. The Hall–Kier alpha value is -2.89. The number of carbonyl (C=O) groups excluding carboxylic acids is 3. The lowest BCUT2D eigenvalue weighted by Gasteiger charge is -2.18. The Morgan fingerprint density at radius 3 is 2.08 bits per heavy atom. The number of nitrogens with zero attached hydrogens (tertiary/aromatic N) is 1. The largest absolute Gasteiger partial charge is 0.354 e. The van der Waals surface area contributed by atoms with E-state index in [0.29, 0.717) is 46.9 Å². The fraction of sp³-hybridized carbons (Fsp3) is 0.350. The first-order chi connectivity index (χ1) is 12.3. The maximum atomic E-state index is 12.5. The van der Waals surface area contributed by atoms with Gasteiger partial charge in [-0.2, -0.15) is 0 Å². The van der Waals surface area contributed by atoms with E-state index in [9.17, 15) is 14.4 Å². The van der Waals surface area contributed by atoms with Crippen LogP contribution in [0.1, 0.15) is 63.2 Å². The zero-order chi connectivity index (χ0) is 19.4. The van der Waals surface area contributed by atoms with Crippen LogP contribution in [-0.4, -0.2) is 40.6 Å². The van der Waals surface area contributed by atoms with Gasteiger partial charge >= 0.3 is 0 Å². The molecule has 0 fully saturated rings. The minimum absolute atomic E-state index is 0.0326. The third-order valence-electron chi connectivity index (χ3n) is 4.46. The van der Waals surface area contributed by atoms with E-state index in [0.717, 1.165) is 0 Å². The highest BCUT2D eigenvalue weighted by Gasteiger charge is 2.20. The predicted molar refractivity (Wildman–Crippen MR) is 102 cm³/mol. The number of Topliss-reactive ketones (excluding diaryl/α,β-unsaturated/α-hetero) is 1. The smallest absolute Gasteiger partial charge is 0.272 e. The lowest BCUT2D eigenvalue weighted by Crippen LogP contribution is -2.30. The number of hydrogen-bond acceptors (Lipinski definition) is 3. The topological polar surface area (TPSA) is 82.3 Å². The lowest BCUT2D eigenvalue weighted by molar-refractivity contribution is 0.0772. The highest BCUT2D eigenvalue weighted by molar-refractivity contribution is 6.07. The maximum Gasteiger partial charge on any atom is 0.272 e. The molecule has 0 bridgehead atoms. The third-order valence-corrected chi connectivity index (χ3v) is 4.46. The fourth-order valence-corrected chi connectivity index (χ4v) is 3.09. The zero-order valence-corrected chi connectivity index (χ0v) is 15.9. The van der Waals surface area contributed by atoms with Crippen LogP contribution in [0.2, 0.25) is 0 Å². The molecule has 0 saturated heterocycles. The molecular weight excluding hydrogens is 330 g/mol. The first kappa shape index (κ1) is 19.4. The van der Waals surface area contributed by atoms with Gasteiger partial charge in [-0.15, -0.1) is 0 Å². The van der Waals surface area contributed by atoms with E-state index in [-0.39, 0.29) is 17.6 Å². The summed E-state index contributed by atoms with van der Waals surface area (Å²) in [7, 11) is 0. The van der Waals surface area contributed by atoms with Crippen LogP contribution < -0.4 is 5.32 Å². The van der Waals surface area contributed by atoms with Gasteiger partial charge < -0.3 is 15.2 Å². The molecule has 0 spiro atoms. The van der Waals surface area contributed by atoms with E-state index in [4.69, 9.17) is 0 Å². The summed E-state index contributed by atoms with van der Waals surface area (Å²) in [6.07, 6.45) is 0. The van der Waals surface area contributed by atoms with Crippen molar-refractivity contribution in [3.8, 4) is 0 Å². The second kappa shape index (κ2) is 7.99. The van der Waals surface area contributed by atoms with E-state index in [1.807, 2.05) is 13.8 Å². The van der Waals surface area contributed by atoms with Crippen molar-refractivity contribution < 1.29 is 14.4 Å². The molecule has 2 amide bonds. The van der Waals surface area contributed by atoms with E-state index in [1.54, 1.807) is 43.0 Å². The summed E-state index contributed by atoms with van der Waals surface area (Å²) in [6, 6.07) is 6.80. The molecule has 0 aliphatic heterocycles. The molecular formula is C20H25N3O3. The Morgan fingerprint density at radius 1 is 1.04 bits per heavy atom. The molecule has 1 aromatic carbocycles. The van der Waals surface area contributed by atoms with Crippen molar-refractivity contribution in [3.05, 3.63) is 52.3 Å². The van der Waals surface area contributed by atoms with Crippen LogP contribution in [0.4, 0.5) is 5.69 Å². The highest BCUT2D eigenvalue weighted by atomic mass is 16.2. The van der Waals surface area contributed by atoms with Gasteiger partial charge in [-0.05, 0) is 64.4 Å². The molecule has 2 N–H and O–H groups in total. The minimum Gasteiger partial charge on any atom is -0.354 e. The Bertz CT molecular complexity index is 831. The van der Waals surface area contributed by atoms with Gasteiger partial charge in [0.15, 0.2) is 5.78 Å². The number of benzene rings is 1. The van der Waals surface area contributed by atoms with E-state index in [2.05, 4.69) is 10.3 Å². The van der Waals surface area contributed by atoms with Gasteiger partial charge in [0, 0.05) is 35.6 Å². The molecule has 138 valence electrons. The van der Waals surface area contributed by atoms with Crippen LogP contribution in [0, 0.1) is 13.8 Å². The molecule has 1 aromatic heterocycles. The molecule has 2 aromatic rings. The molecule has 0 aliphatic carbocycles. The standard InChI is InChI=1S/C20H25N3O3/c1-6-23(7-2)20(26)15-8-10-16(11-9-15)22-19(25)18-12(3)17(14(5)24)13(4)21-18/h8-11,21H,6-7H2,1-5H3,(H,22,25). The summed E-state index contributed by atoms with van der Waals surface area (Å²) in [5, 5.41) is 2.80. The average Bonchev–Trinajstić information content (AvgIpc) is 2.91. The number of aromatic amines is 1. The van der Waals surface area contributed by atoms with Crippen molar-refractivity contribution in [3.63, 3.8) is 0 Å². The van der Waals surface area contributed by atoms with Crippen LogP contribution in [0.15, 0.2) is 24.3 Å². The number of nitrogens with one attached hydrogen (secondary N) is 2. The fourth-order valence-electron chi connectivity index (χ4n) is 3.09. The molecule has 0 atom stereocenters. The van der Waals surface area contributed by atoms with Crippen LogP contribution in [0.3, 0.4) is 0 Å². The SMILES string of the molecule is CCN(CC)C(=O)c1ccc(NC(=O)c2[nH]c(C)c(C(C)=O)c2C)cc1. The van der Waals surface area contributed by atoms with Crippen LogP contribution in [0.5, 0.6) is 0 Å². The minimum atomic E-state index is -0.319. The summed E-state index contributed by atoms with van der Waals surface area (Å²) in [6.45, 7) is 10.2. The maximum absolute atomic E-state index is 12.5. The number of hydrogen-bond donors (Lipinski definition) is 2. The molecule has 6 nitrogen and oxygen atoms in total. The van der Waals surface area contributed by atoms with Crippen LogP contribution >= 0.6 is 0 Å². The number of aryl methyl sites for hydroxylation is 1. The lowest BCUT2D eigenvalue weighted by atomic mass is 10.1. The number of H-pyrrole nitrogens is 1. The Labute approximate surface area is 153 Å². The summed E-state index contributed by atoms with van der Waals surface area (Å²) in [5.41, 5.74) is 3.41. The third kappa shape index (κ3) is 3.85. The molecule has 6 heteroatoms. The molecule has 26 heavy (non-hydrogen) atoms. The van der Waals surface area contributed by atoms with Crippen molar-refractivity contribution in [2.24, 2.45) is 0 Å². The summed E-state index contributed by atoms with van der Waals surface area (Å²) in [4.78, 5) is 41.2. The number of rotatable bonds is 6. The summed E-state index contributed by atoms with van der Waals surface area (Å²) in [5.74, 6) is -0.426. The Balaban J connectivity index is 2.17. The number of aromatic nitrogens is 1. The van der Waals surface area contributed by atoms with E-state index < -0.39 is 0 Å². The predicted octanol–water partition coefficient (Wildman–Crippen LogP) is 3.57. The quantitative estimate of drug-likeness (QED) is 0.777. The van der Waals surface area contributed by atoms with Gasteiger partial charge in [-0.3, -0.25) is 14.4 Å². The summed E-state index contributed by atoms with van der Waals surface area (Å²) < 4.78 is 0. The van der Waals surface area contributed by atoms with Gasteiger partial charge in [0.25, 0.3) is 11.8 Å². The normalized spacial score (nSPS) is 10.5. The number of ketones is 1. The van der Waals surface area contributed by atoms with Crippen molar-refractivity contribution in [1.82, 2.24) is 9.88 Å². The summed E-state index contributed by atoms with van der Waals surface area (Å²) >= 11 is 0. The number of carbonyl (C=O) groups is 3. The molecule has 0 saturated carbocycles. The molecule has 0 radical (unpaired) electrons. The second-order valence-corrected chi connectivity index (χ2v) is 6.19. The molecule has 0 aliphatic rings. The van der Waals surface area contributed by atoms with Crippen LogP contribution in [-0.2, 0) is 0 Å². The average molecular weight is 355 g/mol. The molecule has 1 heterocycles. The van der Waals surface area contributed by atoms with Gasteiger partial charge in [-0.25, -0.2) is 0 Å². The number of anilines is 1. The van der Waals surface area contributed by atoms with Gasteiger partial charge in [0.1, 0.15) is 5.69 Å². The van der Waals surface area contributed by atoms with Crippen molar-refractivity contribution in [2.75, 3.05) is 18.4 Å². The van der Waals surface area contributed by atoms with Crippen molar-refractivity contribution in [2.45, 2.75) is 34.6 Å². The van der Waals surface area contributed by atoms with Gasteiger partial charge in [0.2, 0.25) is 0 Å². The Kier molecular flexibility index (Phi) is 5.97. The first-order valence-electron chi connectivity index (χ1n) is 8.70. The van der Waals surface area contributed by atoms with Crippen molar-refractivity contribution >= 4 is 23.3 Å². The highest BCUT2D eigenvalue weighted by Crippen LogP contribution is 2.20. The van der Waals surface area contributed by atoms with Crippen LogP contribution in [0.25, 0.3) is 0 Å². The van der Waals surface area contributed by atoms with E-state index >= 15 is 0 Å². The monoisotopic (exact) mass is 355 g/mol. The van der Waals surface area contributed by atoms with Crippen molar-refractivity contribution in [1.29, 1.82) is 0 Å².